The second-order valence-electron chi connectivity index (χ2n) is 4.22. The highest BCUT2D eigenvalue weighted by molar-refractivity contribution is 9.10. The van der Waals surface area contributed by atoms with Crippen LogP contribution in [0.4, 0.5) is 5.69 Å². The van der Waals surface area contributed by atoms with E-state index >= 15 is 0 Å². The summed E-state index contributed by atoms with van der Waals surface area (Å²) in [7, 11) is 0. The Labute approximate surface area is 124 Å². The number of nitro benzene ring substituents is 1. The summed E-state index contributed by atoms with van der Waals surface area (Å²) in [6, 6.07) is 11.1. The number of hydrogen-bond acceptors (Lipinski definition) is 4. The number of nitrogens with zero attached hydrogens (tertiary/aromatic N) is 1. The largest absolute Gasteiger partial charge is 0.456 e. The Kier molecular flexibility index (Phi) is 4.36. The number of halogens is 1. The maximum Gasteiger partial charge on any atom is 0.269 e. The third-order valence-electron chi connectivity index (χ3n) is 2.71. The fourth-order valence-electron chi connectivity index (χ4n) is 1.62. The lowest BCUT2D eigenvalue weighted by Crippen LogP contribution is -1.93. The summed E-state index contributed by atoms with van der Waals surface area (Å²) in [5.74, 6) is 1.07. The lowest BCUT2D eigenvalue weighted by atomic mass is 10.1. The quantitative estimate of drug-likeness (QED) is 0.670. The molecule has 2 rings (SSSR count). The minimum absolute atomic E-state index is 0.0147. The van der Waals surface area contributed by atoms with E-state index in [9.17, 15) is 15.2 Å². The van der Waals surface area contributed by atoms with Crippen LogP contribution in [0.3, 0.4) is 0 Å². The highest BCUT2D eigenvalue weighted by Gasteiger charge is 2.09. The van der Waals surface area contributed by atoms with Gasteiger partial charge in [-0.25, -0.2) is 0 Å². The van der Waals surface area contributed by atoms with Crippen LogP contribution in [0.15, 0.2) is 46.9 Å². The molecule has 2 aromatic carbocycles. The van der Waals surface area contributed by atoms with Gasteiger partial charge in [-0.15, -0.1) is 0 Å². The predicted octanol–water partition coefficient (Wildman–Crippen LogP) is 4.20. The van der Waals surface area contributed by atoms with Crippen molar-refractivity contribution in [2.75, 3.05) is 0 Å². The monoisotopic (exact) mass is 337 g/mol. The van der Waals surface area contributed by atoms with Crippen LogP contribution in [0.25, 0.3) is 0 Å². The molecular formula is C14H12BrNO4. The van der Waals surface area contributed by atoms with E-state index in [4.69, 9.17) is 4.74 Å². The van der Waals surface area contributed by atoms with E-state index in [-0.39, 0.29) is 5.69 Å². The molecule has 0 saturated carbocycles. The van der Waals surface area contributed by atoms with E-state index in [0.717, 1.165) is 5.56 Å². The van der Waals surface area contributed by atoms with Crippen molar-refractivity contribution in [1.82, 2.24) is 0 Å². The van der Waals surface area contributed by atoms with Gasteiger partial charge in [0.15, 0.2) is 0 Å². The van der Waals surface area contributed by atoms with E-state index in [1.165, 1.54) is 24.3 Å². The van der Waals surface area contributed by atoms with Crippen molar-refractivity contribution in [3.05, 3.63) is 62.6 Å². The van der Waals surface area contributed by atoms with Crippen LogP contribution in [-0.4, -0.2) is 10.0 Å². The molecule has 6 heteroatoms. The molecule has 5 nitrogen and oxygen atoms in total. The van der Waals surface area contributed by atoms with Gasteiger partial charge in [-0.2, -0.15) is 0 Å². The first kappa shape index (κ1) is 14.5. The van der Waals surface area contributed by atoms with Crippen LogP contribution >= 0.6 is 15.9 Å². The number of benzene rings is 2. The maximum atomic E-state index is 10.6. The Morgan fingerprint density at radius 3 is 2.40 bits per heavy atom. The first-order valence-electron chi connectivity index (χ1n) is 5.87. The zero-order valence-corrected chi connectivity index (χ0v) is 12.2. The molecule has 0 radical (unpaired) electrons. The lowest BCUT2D eigenvalue weighted by Gasteiger charge is -2.10. The average molecular weight is 338 g/mol. The van der Waals surface area contributed by atoms with Crippen LogP contribution < -0.4 is 4.74 Å². The molecule has 0 spiro atoms. The molecule has 0 aromatic heterocycles. The van der Waals surface area contributed by atoms with Gasteiger partial charge >= 0.3 is 0 Å². The van der Waals surface area contributed by atoms with Crippen molar-refractivity contribution >= 4 is 21.6 Å². The first-order chi connectivity index (χ1) is 9.47. The third-order valence-corrected chi connectivity index (χ3v) is 3.33. The highest BCUT2D eigenvalue weighted by atomic mass is 79.9. The standard InChI is InChI=1S/C14H12BrNO4/c1-9(17)10-2-7-14(13(15)8-10)20-12-5-3-11(4-6-12)16(18)19/h2-9,17H,1H3/t9-/m0/s1. The predicted molar refractivity (Wildman–Crippen MR) is 77.9 cm³/mol. The summed E-state index contributed by atoms with van der Waals surface area (Å²) >= 11 is 3.37. The van der Waals surface area contributed by atoms with Gasteiger partial charge < -0.3 is 9.84 Å². The first-order valence-corrected chi connectivity index (χ1v) is 6.66. The summed E-state index contributed by atoms with van der Waals surface area (Å²) in [6.45, 7) is 1.68. The number of non-ortho nitro benzene ring substituents is 1. The molecule has 1 atom stereocenters. The van der Waals surface area contributed by atoms with Gasteiger partial charge in [0, 0.05) is 12.1 Å². The zero-order chi connectivity index (χ0) is 14.7. The summed E-state index contributed by atoms with van der Waals surface area (Å²) in [5.41, 5.74) is 0.786. The molecular weight excluding hydrogens is 326 g/mol. The average Bonchev–Trinajstić information content (AvgIpc) is 2.41. The molecule has 0 bridgehead atoms. The van der Waals surface area contributed by atoms with Gasteiger partial charge in [0.05, 0.1) is 15.5 Å². The van der Waals surface area contributed by atoms with Gasteiger partial charge in [0.2, 0.25) is 0 Å². The number of hydrogen-bond donors (Lipinski definition) is 1. The number of nitro groups is 1. The molecule has 0 saturated heterocycles. The van der Waals surface area contributed by atoms with Gasteiger partial charge in [0.25, 0.3) is 5.69 Å². The summed E-state index contributed by atoms with van der Waals surface area (Å²) in [4.78, 5) is 10.1. The summed E-state index contributed by atoms with van der Waals surface area (Å²) in [5, 5.41) is 20.0. The Hall–Kier alpha value is -1.92. The summed E-state index contributed by atoms with van der Waals surface area (Å²) < 4.78 is 6.33. The van der Waals surface area contributed by atoms with Crippen LogP contribution in [0, 0.1) is 10.1 Å². The molecule has 20 heavy (non-hydrogen) atoms. The lowest BCUT2D eigenvalue weighted by molar-refractivity contribution is -0.384. The highest BCUT2D eigenvalue weighted by Crippen LogP contribution is 2.32. The molecule has 1 N–H and O–H groups in total. The van der Waals surface area contributed by atoms with E-state index in [1.807, 2.05) is 0 Å². The Balaban J connectivity index is 2.19. The number of ether oxygens (including phenoxy) is 1. The van der Waals surface area contributed by atoms with E-state index < -0.39 is 11.0 Å². The maximum absolute atomic E-state index is 10.6. The van der Waals surface area contributed by atoms with Gasteiger partial charge in [-0.05, 0) is 52.7 Å². The van der Waals surface area contributed by atoms with Crippen LogP contribution in [0.2, 0.25) is 0 Å². The number of rotatable bonds is 4. The molecule has 2 aromatic rings. The zero-order valence-electron chi connectivity index (χ0n) is 10.6. The Morgan fingerprint density at radius 2 is 1.90 bits per heavy atom. The van der Waals surface area contributed by atoms with Gasteiger partial charge in [-0.3, -0.25) is 10.1 Å². The van der Waals surface area contributed by atoms with E-state index in [2.05, 4.69) is 15.9 Å². The normalized spacial score (nSPS) is 11.9. The molecule has 104 valence electrons. The molecule has 0 aliphatic heterocycles. The molecule has 0 aliphatic carbocycles. The van der Waals surface area contributed by atoms with Crippen molar-refractivity contribution in [2.45, 2.75) is 13.0 Å². The minimum atomic E-state index is -0.556. The van der Waals surface area contributed by atoms with Crippen molar-refractivity contribution in [3.8, 4) is 11.5 Å². The minimum Gasteiger partial charge on any atom is -0.456 e. The van der Waals surface area contributed by atoms with E-state index in [0.29, 0.717) is 16.0 Å². The van der Waals surface area contributed by atoms with Crippen LogP contribution in [0.5, 0.6) is 11.5 Å². The SMILES string of the molecule is C[C@H](O)c1ccc(Oc2ccc([N+](=O)[O-])cc2)c(Br)c1. The molecule has 0 amide bonds. The fourth-order valence-corrected chi connectivity index (χ4v) is 2.10. The van der Waals surface area contributed by atoms with Crippen molar-refractivity contribution in [1.29, 1.82) is 0 Å². The van der Waals surface area contributed by atoms with Crippen molar-refractivity contribution < 1.29 is 14.8 Å². The molecule has 0 unspecified atom stereocenters. The summed E-state index contributed by atoms with van der Waals surface area (Å²) in [6.07, 6.45) is -0.556. The molecule has 0 heterocycles. The second-order valence-corrected chi connectivity index (χ2v) is 5.07. The number of aliphatic hydroxyl groups excluding tert-OH is 1. The van der Waals surface area contributed by atoms with Crippen LogP contribution in [-0.2, 0) is 0 Å². The fraction of sp³-hybridized carbons (Fsp3) is 0.143. The van der Waals surface area contributed by atoms with Gasteiger partial charge in [-0.1, -0.05) is 6.07 Å². The van der Waals surface area contributed by atoms with Gasteiger partial charge in [0.1, 0.15) is 11.5 Å². The third kappa shape index (κ3) is 3.34. The molecule has 0 fully saturated rings. The Bertz CT molecular complexity index is 626. The number of aliphatic hydroxyl groups is 1. The Morgan fingerprint density at radius 1 is 1.25 bits per heavy atom. The van der Waals surface area contributed by atoms with Crippen LogP contribution in [0.1, 0.15) is 18.6 Å². The molecule has 0 aliphatic rings. The topological polar surface area (TPSA) is 72.6 Å². The second kappa shape index (κ2) is 6.02. The van der Waals surface area contributed by atoms with Crippen molar-refractivity contribution in [2.24, 2.45) is 0 Å². The van der Waals surface area contributed by atoms with Crippen molar-refractivity contribution in [3.63, 3.8) is 0 Å². The van der Waals surface area contributed by atoms with E-state index in [1.54, 1.807) is 25.1 Å². The smallest absolute Gasteiger partial charge is 0.269 e.